The zero-order chi connectivity index (χ0) is 13.4. The van der Waals surface area contributed by atoms with Crippen molar-refractivity contribution in [2.24, 2.45) is 0 Å². The number of aromatic nitrogens is 4. The summed E-state index contributed by atoms with van der Waals surface area (Å²) >= 11 is 19.2. The van der Waals surface area contributed by atoms with Gasteiger partial charge in [-0.15, -0.1) is 0 Å². The third kappa shape index (κ3) is 2.65. The molecule has 8 heteroatoms. The molecule has 0 atom stereocenters. The largest absolute Gasteiger partial charge is 0.261 e. The molecule has 1 N–H and O–H groups in total. The molecule has 96 valence electrons. The van der Waals surface area contributed by atoms with Crippen molar-refractivity contribution in [3.63, 3.8) is 0 Å². The number of rotatable bonds is 2. The highest BCUT2D eigenvalue weighted by atomic mass is 35.5. The van der Waals surface area contributed by atoms with Crippen molar-refractivity contribution in [3.05, 3.63) is 39.7 Å². The monoisotopic (exact) mass is 330 g/mol. The number of hydrogen-bond donors (Lipinski definition) is 1. The van der Waals surface area contributed by atoms with Gasteiger partial charge in [0, 0.05) is 4.90 Å². The summed E-state index contributed by atoms with van der Waals surface area (Å²) in [5, 5.41) is 9.38. The quantitative estimate of drug-likeness (QED) is 0.556. The standard InChI is InChI=1S/C11H5Cl3N4S/c12-7-2-1-5(3-8(7)13)19-10-6-4-15-18-9(6)16-11(14)17-10/h1-4H,(H,15,16,17,18). The van der Waals surface area contributed by atoms with Crippen LogP contribution in [0, 0.1) is 0 Å². The SMILES string of the molecule is Clc1nc(Sc2ccc(Cl)c(Cl)c2)c2cn[nH]c2n1. The molecule has 0 saturated heterocycles. The van der Waals surface area contributed by atoms with Crippen LogP contribution in [-0.4, -0.2) is 20.2 Å². The minimum Gasteiger partial charge on any atom is -0.261 e. The lowest BCUT2D eigenvalue weighted by molar-refractivity contribution is 1.07. The molecule has 0 spiro atoms. The molecule has 0 radical (unpaired) electrons. The molecule has 3 aromatic rings. The van der Waals surface area contributed by atoms with Gasteiger partial charge in [0.25, 0.3) is 0 Å². The molecule has 0 bridgehead atoms. The van der Waals surface area contributed by atoms with Crippen molar-refractivity contribution in [1.29, 1.82) is 0 Å². The molecule has 0 unspecified atom stereocenters. The van der Waals surface area contributed by atoms with Crippen LogP contribution in [0.4, 0.5) is 0 Å². The highest BCUT2D eigenvalue weighted by Gasteiger charge is 2.10. The summed E-state index contributed by atoms with van der Waals surface area (Å²) in [5.74, 6) is 0. The number of H-pyrrole nitrogens is 1. The van der Waals surface area contributed by atoms with Gasteiger partial charge in [0.15, 0.2) is 5.65 Å². The number of benzene rings is 1. The molecule has 4 nitrogen and oxygen atoms in total. The molecule has 0 aliphatic rings. The van der Waals surface area contributed by atoms with E-state index < -0.39 is 0 Å². The van der Waals surface area contributed by atoms with Gasteiger partial charge in [0.2, 0.25) is 5.28 Å². The molecule has 0 amide bonds. The molecular weight excluding hydrogens is 327 g/mol. The number of aromatic amines is 1. The fourth-order valence-corrected chi connectivity index (χ4v) is 3.02. The topological polar surface area (TPSA) is 54.5 Å². The summed E-state index contributed by atoms with van der Waals surface area (Å²) in [6.45, 7) is 0. The lowest BCUT2D eigenvalue weighted by Crippen LogP contribution is -1.87. The van der Waals surface area contributed by atoms with E-state index in [1.807, 2.05) is 6.07 Å². The van der Waals surface area contributed by atoms with Crippen LogP contribution in [-0.2, 0) is 0 Å². The maximum atomic E-state index is 5.99. The lowest BCUT2D eigenvalue weighted by Gasteiger charge is -2.04. The molecular formula is C11H5Cl3N4S. The zero-order valence-electron chi connectivity index (χ0n) is 9.19. The summed E-state index contributed by atoms with van der Waals surface area (Å²) in [4.78, 5) is 9.16. The van der Waals surface area contributed by atoms with Gasteiger partial charge < -0.3 is 0 Å². The predicted octanol–water partition coefficient (Wildman–Crippen LogP) is 4.46. The van der Waals surface area contributed by atoms with Crippen LogP contribution in [0.15, 0.2) is 34.3 Å². The summed E-state index contributed by atoms with van der Waals surface area (Å²) in [6.07, 6.45) is 1.66. The van der Waals surface area contributed by atoms with Crippen LogP contribution in [0.5, 0.6) is 0 Å². The average Bonchev–Trinajstić information content (AvgIpc) is 2.82. The number of nitrogens with zero attached hydrogens (tertiary/aromatic N) is 3. The van der Waals surface area contributed by atoms with E-state index in [0.29, 0.717) is 20.7 Å². The van der Waals surface area contributed by atoms with Gasteiger partial charge in [-0.25, -0.2) is 4.98 Å². The lowest BCUT2D eigenvalue weighted by atomic mass is 10.4. The summed E-state index contributed by atoms with van der Waals surface area (Å²) in [5.41, 5.74) is 0.600. The smallest absolute Gasteiger partial charge is 0.225 e. The highest BCUT2D eigenvalue weighted by molar-refractivity contribution is 7.99. The molecule has 2 aromatic heterocycles. The van der Waals surface area contributed by atoms with E-state index in [4.69, 9.17) is 34.8 Å². The van der Waals surface area contributed by atoms with E-state index in [9.17, 15) is 0 Å². The number of halogens is 3. The van der Waals surface area contributed by atoms with Crippen molar-refractivity contribution in [2.45, 2.75) is 9.92 Å². The van der Waals surface area contributed by atoms with E-state index in [2.05, 4.69) is 20.2 Å². The normalized spacial score (nSPS) is 11.1. The Hall–Kier alpha value is -1.01. The fraction of sp³-hybridized carbons (Fsp3) is 0. The van der Waals surface area contributed by atoms with E-state index in [1.165, 1.54) is 11.8 Å². The second-order valence-electron chi connectivity index (χ2n) is 3.61. The van der Waals surface area contributed by atoms with Gasteiger partial charge >= 0.3 is 0 Å². The maximum absolute atomic E-state index is 5.99. The first-order valence-corrected chi connectivity index (χ1v) is 7.08. The van der Waals surface area contributed by atoms with E-state index in [0.717, 1.165) is 10.3 Å². The summed E-state index contributed by atoms with van der Waals surface area (Å²) < 4.78 is 0. The van der Waals surface area contributed by atoms with Gasteiger partial charge in [-0.3, -0.25) is 5.10 Å². The van der Waals surface area contributed by atoms with Crippen LogP contribution < -0.4 is 0 Å². The van der Waals surface area contributed by atoms with Gasteiger partial charge in [-0.05, 0) is 29.8 Å². The Kier molecular flexibility index (Phi) is 3.54. The first kappa shape index (κ1) is 13.0. The molecule has 19 heavy (non-hydrogen) atoms. The zero-order valence-corrected chi connectivity index (χ0v) is 12.3. The Balaban J connectivity index is 2.04. The van der Waals surface area contributed by atoms with Crippen molar-refractivity contribution < 1.29 is 0 Å². The second kappa shape index (κ2) is 5.17. The minimum absolute atomic E-state index is 0.166. The van der Waals surface area contributed by atoms with Gasteiger partial charge in [0.1, 0.15) is 5.03 Å². The molecule has 3 rings (SSSR count). The van der Waals surface area contributed by atoms with Crippen molar-refractivity contribution in [3.8, 4) is 0 Å². The van der Waals surface area contributed by atoms with Gasteiger partial charge in [0.05, 0.1) is 21.6 Å². The van der Waals surface area contributed by atoms with Gasteiger partial charge in [-0.1, -0.05) is 35.0 Å². The van der Waals surface area contributed by atoms with Crippen LogP contribution in [0.3, 0.4) is 0 Å². The first-order chi connectivity index (χ1) is 9.13. The van der Waals surface area contributed by atoms with Crippen LogP contribution >= 0.6 is 46.6 Å². The molecule has 1 aromatic carbocycles. The van der Waals surface area contributed by atoms with Crippen molar-refractivity contribution in [2.75, 3.05) is 0 Å². The number of fused-ring (bicyclic) bond motifs is 1. The van der Waals surface area contributed by atoms with Crippen molar-refractivity contribution in [1.82, 2.24) is 20.2 Å². The Morgan fingerprint density at radius 1 is 1.05 bits per heavy atom. The Morgan fingerprint density at radius 2 is 1.89 bits per heavy atom. The molecule has 0 saturated carbocycles. The number of nitrogens with one attached hydrogen (secondary N) is 1. The summed E-state index contributed by atoms with van der Waals surface area (Å²) in [7, 11) is 0. The third-order valence-electron chi connectivity index (χ3n) is 2.35. The summed E-state index contributed by atoms with van der Waals surface area (Å²) in [6, 6.07) is 5.37. The highest BCUT2D eigenvalue weighted by Crippen LogP contribution is 2.34. The molecule has 2 heterocycles. The molecule has 0 aliphatic carbocycles. The van der Waals surface area contributed by atoms with Gasteiger partial charge in [-0.2, -0.15) is 10.1 Å². The number of hydrogen-bond acceptors (Lipinski definition) is 4. The third-order valence-corrected chi connectivity index (χ3v) is 4.26. The fourth-order valence-electron chi connectivity index (χ4n) is 1.51. The Labute approximate surface area is 127 Å². The average molecular weight is 332 g/mol. The van der Waals surface area contributed by atoms with Crippen LogP contribution in [0.1, 0.15) is 0 Å². The molecule has 0 aliphatic heterocycles. The molecule has 0 fully saturated rings. The van der Waals surface area contributed by atoms with Crippen LogP contribution in [0.25, 0.3) is 11.0 Å². The van der Waals surface area contributed by atoms with E-state index in [1.54, 1.807) is 18.3 Å². The second-order valence-corrected chi connectivity index (χ2v) is 5.82. The van der Waals surface area contributed by atoms with Crippen LogP contribution in [0.2, 0.25) is 15.3 Å². The van der Waals surface area contributed by atoms with E-state index >= 15 is 0 Å². The Bertz CT molecular complexity index is 759. The minimum atomic E-state index is 0.166. The Morgan fingerprint density at radius 3 is 2.68 bits per heavy atom. The first-order valence-electron chi connectivity index (χ1n) is 5.13. The predicted molar refractivity (Wildman–Crippen MR) is 77.3 cm³/mol. The van der Waals surface area contributed by atoms with Crippen molar-refractivity contribution >= 4 is 57.6 Å². The van der Waals surface area contributed by atoms with E-state index in [-0.39, 0.29) is 5.28 Å². The maximum Gasteiger partial charge on any atom is 0.225 e.